The first-order valence-electron chi connectivity index (χ1n) is 20.6. The Kier molecular flexibility index (Phi) is 8.55. The molecular formula is C54H49N. The molecule has 0 radical (unpaired) electrons. The van der Waals surface area contributed by atoms with Gasteiger partial charge < -0.3 is 4.90 Å². The number of hydrogen-bond donors (Lipinski definition) is 0. The minimum absolute atomic E-state index is 0.386. The van der Waals surface area contributed by atoms with Crippen molar-refractivity contribution in [1.82, 2.24) is 0 Å². The van der Waals surface area contributed by atoms with Crippen molar-refractivity contribution in [2.75, 3.05) is 4.90 Å². The van der Waals surface area contributed by atoms with E-state index in [4.69, 9.17) is 0 Å². The Morgan fingerprint density at radius 3 is 1.64 bits per heavy atom. The number of aryl methyl sites for hydroxylation is 4. The van der Waals surface area contributed by atoms with Gasteiger partial charge in [0.2, 0.25) is 0 Å². The van der Waals surface area contributed by atoms with Crippen molar-refractivity contribution in [2.24, 2.45) is 0 Å². The van der Waals surface area contributed by atoms with Gasteiger partial charge in [0.15, 0.2) is 0 Å². The van der Waals surface area contributed by atoms with Crippen molar-refractivity contribution in [2.45, 2.75) is 76.5 Å². The zero-order valence-electron chi connectivity index (χ0n) is 32.2. The van der Waals surface area contributed by atoms with Crippen molar-refractivity contribution >= 4 is 17.1 Å². The number of nitrogens with zero attached hydrogens (tertiary/aromatic N) is 1. The zero-order chi connectivity index (χ0) is 36.9. The molecule has 7 aromatic carbocycles. The van der Waals surface area contributed by atoms with Crippen molar-refractivity contribution < 1.29 is 0 Å². The Labute approximate surface area is 327 Å². The molecule has 0 saturated heterocycles. The molecule has 0 aliphatic heterocycles. The molecule has 0 spiro atoms. The summed E-state index contributed by atoms with van der Waals surface area (Å²) in [5.74, 6) is 0.386. The average molecular weight is 712 g/mol. The van der Waals surface area contributed by atoms with E-state index in [0.29, 0.717) is 5.92 Å². The second-order valence-electron chi connectivity index (χ2n) is 16.3. The molecule has 3 aliphatic carbocycles. The lowest BCUT2D eigenvalue weighted by Crippen LogP contribution is -2.28. The summed E-state index contributed by atoms with van der Waals surface area (Å²) in [4.78, 5) is 2.58. The predicted molar refractivity (Wildman–Crippen MR) is 231 cm³/mol. The molecule has 270 valence electrons. The first kappa shape index (κ1) is 33.9. The predicted octanol–water partition coefficient (Wildman–Crippen LogP) is 14.1. The fourth-order valence-corrected chi connectivity index (χ4v) is 10.3. The molecule has 0 heterocycles. The topological polar surface area (TPSA) is 3.24 Å². The van der Waals surface area contributed by atoms with Gasteiger partial charge in [-0.1, -0.05) is 135 Å². The average Bonchev–Trinajstić information content (AvgIpc) is 3.54. The molecule has 0 unspecified atom stereocenters. The summed E-state index contributed by atoms with van der Waals surface area (Å²) in [5.41, 5.74) is 21.3. The van der Waals surface area contributed by atoms with Gasteiger partial charge in [-0.15, -0.1) is 0 Å². The van der Waals surface area contributed by atoms with Crippen molar-refractivity contribution in [1.29, 1.82) is 0 Å². The van der Waals surface area contributed by atoms with E-state index >= 15 is 0 Å². The third-order valence-electron chi connectivity index (χ3n) is 12.8. The summed E-state index contributed by atoms with van der Waals surface area (Å²) in [6, 6.07) is 60.5. The van der Waals surface area contributed by atoms with Crippen molar-refractivity contribution in [3.05, 3.63) is 208 Å². The largest absolute Gasteiger partial charge is 0.310 e. The highest BCUT2D eigenvalue weighted by Gasteiger charge is 2.47. The molecule has 0 fully saturated rings. The lowest BCUT2D eigenvalue weighted by molar-refractivity contribution is 0.683. The summed E-state index contributed by atoms with van der Waals surface area (Å²) in [5, 5.41) is 0. The van der Waals surface area contributed by atoms with E-state index in [1.807, 2.05) is 0 Å². The summed E-state index contributed by atoms with van der Waals surface area (Å²) in [6.45, 7) is 4.76. The molecule has 0 aromatic heterocycles. The smallest absolute Gasteiger partial charge is 0.0714 e. The van der Waals surface area contributed by atoms with Crippen LogP contribution in [0.4, 0.5) is 17.1 Å². The maximum absolute atomic E-state index is 2.60. The summed E-state index contributed by atoms with van der Waals surface area (Å²) < 4.78 is 0. The molecular weight excluding hydrogens is 663 g/mol. The van der Waals surface area contributed by atoms with Gasteiger partial charge in [0, 0.05) is 16.9 Å². The quantitative estimate of drug-likeness (QED) is 0.159. The standard InChI is InChI=1S/C54H49N/c1-37(2)47-33-40-20-14-15-21-41(40)34-48(47)50-35-49-46-28-16-17-29-51(46)54(42-22-6-3-7-23-42,43-24-8-4-9-25-43)52(49)36-53(50)55(44-26-10-5-11-27-44)45-31-30-38-18-12-13-19-39(38)32-45/h3-11,16-17,22-37H,12-15,18-21H2,1-2H3. The molecule has 3 aliphatic rings. The highest BCUT2D eigenvalue weighted by molar-refractivity contribution is 5.97. The van der Waals surface area contributed by atoms with Crippen LogP contribution in [-0.4, -0.2) is 0 Å². The molecule has 7 aromatic rings. The molecule has 0 N–H and O–H groups in total. The van der Waals surface area contributed by atoms with Gasteiger partial charge in [0.25, 0.3) is 0 Å². The third kappa shape index (κ3) is 5.58. The fourth-order valence-electron chi connectivity index (χ4n) is 10.3. The Hall–Kier alpha value is -5.66. The molecule has 0 amide bonds. The van der Waals surface area contributed by atoms with E-state index in [9.17, 15) is 0 Å². The SMILES string of the molecule is CC(C)c1cc2c(cc1-c1cc3c(cc1N(c1ccccc1)c1ccc4c(c1)CCCC4)C(c1ccccc1)(c1ccccc1)c1ccccc1-3)CCCC2. The van der Waals surface area contributed by atoms with Crippen LogP contribution in [0.5, 0.6) is 0 Å². The van der Waals surface area contributed by atoms with Crippen LogP contribution in [0.3, 0.4) is 0 Å². The lowest BCUT2D eigenvalue weighted by Gasteiger charge is -2.36. The molecule has 1 heteroatoms. The molecule has 10 rings (SSSR count). The molecule has 0 atom stereocenters. The van der Waals surface area contributed by atoms with Crippen LogP contribution in [0.15, 0.2) is 158 Å². The van der Waals surface area contributed by atoms with Crippen LogP contribution in [0.1, 0.15) is 95.5 Å². The van der Waals surface area contributed by atoms with Gasteiger partial charge in [-0.05, 0) is 160 Å². The highest BCUT2D eigenvalue weighted by atomic mass is 15.1. The third-order valence-corrected chi connectivity index (χ3v) is 12.8. The molecule has 55 heavy (non-hydrogen) atoms. The van der Waals surface area contributed by atoms with Crippen LogP contribution >= 0.6 is 0 Å². The second kappa shape index (κ2) is 13.9. The van der Waals surface area contributed by atoms with E-state index < -0.39 is 5.41 Å². The van der Waals surface area contributed by atoms with Gasteiger partial charge in [0.05, 0.1) is 11.1 Å². The zero-order valence-corrected chi connectivity index (χ0v) is 32.2. The maximum Gasteiger partial charge on any atom is 0.0714 e. The van der Waals surface area contributed by atoms with Crippen LogP contribution in [0, 0.1) is 0 Å². The lowest BCUT2D eigenvalue weighted by atomic mass is 9.67. The number of anilines is 3. The van der Waals surface area contributed by atoms with Crippen molar-refractivity contribution in [3.8, 4) is 22.3 Å². The van der Waals surface area contributed by atoms with Crippen LogP contribution < -0.4 is 4.90 Å². The fraction of sp³-hybridized carbons (Fsp3) is 0.222. The van der Waals surface area contributed by atoms with E-state index in [1.165, 1.54) is 122 Å². The van der Waals surface area contributed by atoms with Gasteiger partial charge in [0.1, 0.15) is 0 Å². The first-order valence-corrected chi connectivity index (χ1v) is 20.6. The summed E-state index contributed by atoms with van der Waals surface area (Å²) in [6.07, 6.45) is 9.74. The number of hydrogen-bond acceptors (Lipinski definition) is 1. The van der Waals surface area contributed by atoms with Crippen LogP contribution in [0.25, 0.3) is 22.3 Å². The Morgan fingerprint density at radius 2 is 0.982 bits per heavy atom. The molecule has 1 nitrogen and oxygen atoms in total. The van der Waals surface area contributed by atoms with Gasteiger partial charge in [-0.2, -0.15) is 0 Å². The first-order chi connectivity index (χ1) is 27.1. The minimum Gasteiger partial charge on any atom is -0.310 e. The van der Waals surface area contributed by atoms with Crippen molar-refractivity contribution in [3.63, 3.8) is 0 Å². The Morgan fingerprint density at radius 1 is 0.418 bits per heavy atom. The number of fused-ring (bicyclic) bond motifs is 5. The second-order valence-corrected chi connectivity index (χ2v) is 16.3. The van der Waals surface area contributed by atoms with E-state index in [-0.39, 0.29) is 0 Å². The minimum atomic E-state index is -0.489. The van der Waals surface area contributed by atoms with E-state index in [0.717, 1.165) is 12.8 Å². The highest BCUT2D eigenvalue weighted by Crippen LogP contribution is 2.59. The number of rotatable bonds is 7. The Bertz CT molecular complexity index is 2470. The summed E-state index contributed by atoms with van der Waals surface area (Å²) >= 11 is 0. The van der Waals surface area contributed by atoms with E-state index in [2.05, 4.69) is 176 Å². The number of benzene rings is 7. The molecule has 0 saturated carbocycles. The molecule has 0 bridgehead atoms. The van der Waals surface area contributed by atoms with Gasteiger partial charge in [-0.25, -0.2) is 0 Å². The van der Waals surface area contributed by atoms with Crippen LogP contribution in [-0.2, 0) is 31.1 Å². The van der Waals surface area contributed by atoms with Gasteiger partial charge >= 0.3 is 0 Å². The number of para-hydroxylation sites is 1. The normalized spacial score (nSPS) is 15.2. The van der Waals surface area contributed by atoms with Gasteiger partial charge in [-0.3, -0.25) is 0 Å². The monoisotopic (exact) mass is 711 g/mol. The van der Waals surface area contributed by atoms with E-state index in [1.54, 1.807) is 5.56 Å². The maximum atomic E-state index is 2.60. The van der Waals surface area contributed by atoms with Crippen LogP contribution in [0.2, 0.25) is 0 Å². The Balaban J connectivity index is 1.35. The summed E-state index contributed by atoms with van der Waals surface area (Å²) in [7, 11) is 0.